The molecular formula is C21H19F3O5S2. The minimum Gasteiger partial charge on any atom is -0.497 e. The molecule has 0 aliphatic heterocycles. The SMILES string of the molecule is COc1ccc(-c2cccc(S)c2-c2ccc(OC)cc2)cc1.O=S(=O)(O)C(F)(F)F. The molecule has 10 heteroatoms. The molecule has 0 aliphatic rings. The van der Waals surface area contributed by atoms with Crippen molar-refractivity contribution in [1.29, 1.82) is 0 Å². The Labute approximate surface area is 183 Å². The minimum atomic E-state index is -5.84. The van der Waals surface area contributed by atoms with Crippen molar-refractivity contribution in [2.75, 3.05) is 14.2 Å². The molecule has 0 unspecified atom stereocenters. The molecule has 0 saturated heterocycles. The van der Waals surface area contributed by atoms with Crippen molar-refractivity contribution in [1.82, 2.24) is 0 Å². The van der Waals surface area contributed by atoms with E-state index in [1.165, 1.54) is 0 Å². The molecule has 0 spiro atoms. The van der Waals surface area contributed by atoms with Gasteiger partial charge in [0.15, 0.2) is 0 Å². The van der Waals surface area contributed by atoms with Gasteiger partial charge in [-0.05, 0) is 47.0 Å². The Bertz CT molecular complexity index is 1110. The highest BCUT2D eigenvalue weighted by Crippen LogP contribution is 2.37. The van der Waals surface area contributed by atoms with Crippen molar-refractivity contribution < 1.29 is 35.6 Å². The molecule has 1 N–H and O–H groups in total. The van der Waals surface area contributed by atoms with Crippen LogP contribution in [-0.4, -0.2) is 32.7 Å². The summed E-state index contributed by atoms with van der Waals surface area (Å²) in [5, 5.41) is 0. The lowest BCUT2D eigenvalue weighted by atomic mass is 9.94. The second-order valence-corrected chi connectivity index (χ2v) is 7.97. The average Bonchev–Trinajstić information content (AvgIpc) is 2.73. The molecule has 0 heterocycles. The average molecular weight is 473 g/mol. The lowest BCUT2D eigenvalue weighted by Gasteiger charge is -2.14. The van der Waals surface area contributed by atoms with Gasteiger partial charge < -0.3 is 9.47 Å². The van der Waals surface area contributed by atoms with E-state index in [1.807, 2.05) is 36.4 Å². The second-order valence-electron chi connectivity index (χ2n) is 6.08. The van der Waals surface area contributed by atoms with Gasteiger partial charge in [-0.1, -0.05) is 36.4 Å². The number of alkyl halides is 3. The Kier molecular flexibility index (Phi) is 7.99. The van der Waals surface area contributed by atoms with E-state index in [9.17, 15) is 13.2 Å². The number of thiol groups is 1. The van der Waals surface area contributed by atoms with Crippen molar-refractivity contribution in [2.45, 2.75) is 10.4 Å². The molecule has 0 atom stereocenters. The number of benzene rings is 3. The molecule has 0 saturated carbocycles. The van der Waals surface area contributed by atoms with Crippen LogP contribution in [0, 0.1) is 0 Å². The highest BCUT2D eigenvalue weighted by Gasteiger charge is 2.44. The Balaban J connectivity index is 0.000000366. The van der Waals surface area contributed by atoms with Crippen LogP contribution in [0.2, 0.25) is 0 Å². The zero-order valence-corrected chi connectivity index (χ0v) is 18.1. The molecule has 31 heavy (non-hydrogen) atoms. The van der Waals surface area contributed by atoms with Crippen LogP contribution in [0.4, 0.5) is 13.2 Å². The molecule has 0 aliphatic carbocycles. The summed E-state index contributed by atoms with van der Waals surface area (Å²) in [5.74, 6) is 1.69. The van der Waals surface area contributed by atoms with Crippen LogP contribution >= 0.6 is 12.6 Å². The van der Waals surface area contributed by atoms with Gasteiger partial charge in [0.05, 0.1) is 14.2 Å². The van der Waals surface area contributed by atoms with Crippen LogP contribution in [0.5, 0.6) is 11.5 Å². The van der Waals surface area contributed by atoms with E-state index in [4.69, 9.17) is 22.4 Å². The fourth-order valence-electron chi connectivity index (χ4n) is 2.61. The lowest BCUT2D eigenvalue weighted by molar-refractivity contribution is -0.0510. The van der Waals surface area contributed by atoms with Crippen LogP contribution < -0.4 is 9.47 Å². The molecule has 0 fully saturated rings. The fourth-order valence-corrected chi connectivity index (χ4v) is 2.95. The van der Waals surface area contributed by atoms with Gasteiger partial charge in [-0.15, -0.1) is 12.6 Å². The largest absolute Gasteiger partial charge is 0.522 e. The van der Waals surface area contributed by atoms with Crippen LogP contribution in [0.1, 0.15) is 0 Å². The highest BCUT2D eigenvalue weighted by molar-refractivity contribution is 7.86. The predicted octanol–water partition coefficient (Wildman–Crippen LogP) is 5.72. The molecule has 3 aromatic rings. The molecule has 0 radical (unpaired) electrons. The summed E-state index contributed by atoms with van der Waals surface area (Å²) in [5.41, 5.74) is -1.03. The Morgan fingerprint density at radius 2 is 1.23 bits per heavy atom. The first-order valence-electron chi connectivity index (χ1n) is 8.62. The van der Waals surface area contributed by atoms with Crippen LogP contribution in [0.25, 0.3) is 22.3 Å². The third-order valence-corrected chi connectivity index (χ3v) is 5.07. The number of ether oxygens (including phenoxy) is 2. The van der Waals surface area contributed by atoms with E-state index in [2.05, 4.69) is 43.0 Å². The van der Waals surface area contributed by atoms with Gasteiger partial charge >= 0.3 is 15.6 Å². The van der Waals surface area contributed by atoms with Crippen molar-refractivity contribution in [3.8, 4) is 33.8 Å². The molecule has 3 aromatic carbocycles. The van der Waals surface area contributed by atoms with E-state index < -0.39 is 15.6 Å². The Morgan fingerprint density at radius 3 is 1.61 bits per heavy atom. The predicted molar refractivity (Wildman–Crippen MR) is 115 cm³/mol. The molecule has 0 bridgehead atoms. The smallest absolute Gasteiger partial charge is 0.497 e. The quantitative estimate of drug-likeness (QED) is 0.289. The van der Waals surface area contributed by atoms with Gasteiger partial charge in [-0.2, -0.15) is 21.6 Å². The number of halogens is 3. The summed E-state index contributed by atoms with van der Waals surface area (Å²) in [6, 6.07) is 22.3. The highest BCUT2D eigenvalue weighted by atomic mass is 32.2. The molecular weight excluding hydrogens is 453 g/mol. The van der Waals surface area contributed by atoms with Crippen molar-refractivity contribution in [3.63, 3.8) is 0 Å². The van der Waals surface area contributed by atoms with Crippen LogP contribution in [0.15, 0.2) is 71.6 Å². The molecule has 0 aromatic heterocycles. The Morgan fingerprint density at radius 1 is 0.806 bits per heavy atom. The van der Waals surface area contributed by atoms with Gasteiger partial charge in [-0.3, -0.25) is 4.55 Å². The monoisotopic (exact) mass is 472 g/mol. The minimum absolute atomic E-state index is 0.844. The number of hydrogen-bond donors (Lipinski definition) is 2. The van der Waals surface area contributed by atoms with E-state index in [1.54, 1.807) is 14.2 Å². The van der Waals surface area contributed by atoms with Gasteiger partial charge in [-0.25, -0.2) is 0 Å². The normalized spacial score (nSPS) is 11.3. The summed E-state index contributed by atoms with van der Waals surface area (Å²) in [4.78, 5) is 0.948. The molecule has 166 valence electrons. The maximum absolute atomic E-state index is 10.7. The van der Waals surface area contributed by atoms with Crippen molar-refractivity contribution >= 4 is 22.7 Å². The van der Waals surface area contributed by atoms with Gasteiger partial charge in [0.25, 0.3) is 0 Å². The van der Waals surface area contributed by atoms with Gasteiger partial charge in [0.1, 0.15) is 11.5 Å². The summed E-state index contributed by atoms with van der Waals surface area (Å²) in [6.45, 7) is 0. The number of rotatable bonds is 4. The van der Waals surface area contributed by atoms with Crippen molar-refractivity contribution in [3.05, 3.63) is 66.7 Å². The first-order valence-corrected chi connectivity index (χ1v) is 10.5. The summed E-state index contributed by atoms with van der Waals surface area (Å²) < 4.78 is 68.0. The topological polar surface area (TPSA) is 72.8 Å². The molecule has 3 rings (SSSR count). The third kappa shape index (κ3) is 6.39. The first-order chi connectivity index (χ1) is 14.5. The number of methoxy groups -OCH3 is 2. The van der Waals surface area contributed by atoms with Crippen LogP contribution in [0.3, 0.4) is 0 Å². The molecule has 5 nitrogen and oxygen atoms in total. The first kappa shape index (κ1) is 24.6. The summed E-state index contributed by atoms with van der Waals surface area (Å²) in [6.07, 6.45) is 0. The van der Waals surface area contributed by atoms with Gasteiger partial charge in [0, 0.05) is 10.5 Å². The second kappa shape index (κ2) is 10.1. The van der Waals surface area contributed by atoms with E-state index in [0.29, 0.717) is 0 Å². The van der Waals surface area contributed by atoms with E-state index in [-0.39, 0.29) is 0 Å². The fraction of sp³-hybridized carbons (Fsp3) is 0.143. The zero-order valence-electron chi connectivity index (χ0n) is 16.4. The maximum atomic E-state index is 10.7. The summed E-state index contributed by atoms with van der Waals surface area (Å²) >= 11 is 4.66. The summed E-state index contributed by atoms with van der Waals surface area (Å²) in [7, 11) is -2.50. The number of hydrogen-bond acceptors (Lipinski definition) is 5. The van der Waals surface area contributed by atoms with E-state index >= 15 is 0 Å². The van der Waals surface area contributed by atoms with Crippen LogP contribution in [-0.2, 0) is 10.1 Å². The standard InChI is InChI=1S/C20H18O2S.CHF3O3S/c1-21-16-10-6-14(7-11-16)18-4-3-5-19(23)20(18)15-8-12-17(22-2)13-9-15;2-1(3,4)8(5,6)7/h3-13,23H,1-2H3;(H,5,6,7). The lowest BCUT2D eigenvalue weighted by Crippen LogP contribution is -2.21. The maximum Gasteiger partial charge on any atom is 0.522 e. The molecule has 0 amide bonds. The van der Waals surface area contributed by atoms with Gasteiger partial charge in [0.2, 0.25) is 0 Å². The third-order valence-electron chi connectivity index (χ3n) is 4.11. The zero-order chi connectivity index (χ0) is 23.2. The van der Waals surface area contributed by atoms with Crippen molar-refractivity contribution in [2.24, 2.45) is 0 Å². The Hall–Kier alpha value is -2.69. The van der Waals surface area contributed by atoms with E-state index in [0.717, 1.165) is 38.6 Å².